The first-order valence-electron chi connectivity index (χ1n) is 8.07. The molecule has 110 valence electrons. The van der Waals surface area contributed by atoms with Gasteiger partial charge in [0.15, 0.2) is 0 Å². The van der Waals surface area contributed by atoms with Gasteiger partial charge in [-0.1, -0.05) is 26.7 Å². The fourth-order valence-corrected chi connectivity index (χ4v) is 3.53. The van der Waals surface area contributed by atoms with Crippen LogP contribution in [0.2, 0.25) is 0 Å². The molecule has 0 aliphatic heterocycles. The maximum Gasteiger partial charge on any atom is 0.233 e. The molecule has 2 fully saturated rings. The standard InChI is InChI=1S/C16H30N2O/c1-13(2)9-16(7-3-4-8-16)12-17-11-15(19)18-10-14-5-6-14/h13-14,17H,3-12H2,1-2H3,(H,18,19). The summed E-state index contributed by atoms with van der Waals surface area (Å²) in [4.78, 5) is 11.7. The Bertz CT molecular complexity index is 291. The molecule has 0 unspecified atom stereocenters. The molecule has 2 N–H and O–H groups in total. The van der Waals surface area contributed by atoms with Crippen LogP contribution in [-0.4, -0.2) is 25.5 Å². The van der Waals surface area contributed by atoms with Crippen LogP contribution in [-0.2, 0) is 4.79 Å². The van der Waals surface area contributed by atoms with Crippen LogP contribution in [0.3, 0.4) is 0 Å². The van der Waals surface area contributed by atoms with Crippen molar-refractivity contribution in [1.82, 2.24) is 10.6 Å². The van der Waals surface area contributed by atoms with Crippen molar-refractivity contribution in [1.29, 1.82) is 0 Å². The largest absolute Gasteiger partial charge is 0.355 e. The molecule has 2 aliphatic rings. The van der Waals surface area contributed by atoms with Crippen LogP contribution in [0.15, 0.2) is 0 Å². The second-order valence-corrected chi connectivity index (χ2v) is 7.16. The normalized spacial score (nSPS) is 21.8. The number of hydrogen-bond donors (Lipinski definition) is 2. The minimum Gasteiger partial charge on any atom is -0.355 e. The van der Waals surface area contributed by atoms with Crippen molar-refractivity contribution >= 4 is 5.91 Å². The minimum atomic E-state index is 0.171. The van der Waals surface area contributed by atoms with Gasteiger partial charge in [0.05, 0.1) is 6.54 Å². The Morgan fingerprint density at radius 2 is 1.95 bits per heavy atom. The molecule has 0 atom stereocenters. The summed E-state index contributed by atoms with van der Waals surface area (Å²) in [6.45, 7) is 7.01. The topological polar surface area (TPSA) is 41.1 Å². The molecular formula is C16H30N2O. The molecular weight excluding hydrogens is 236 g/mol. The van der Waals surface area contributed by atoms with E-state index in [0.717, 1.165) is 24.9 Å². The van der Waals surface area contributed by atoms with Crippen molar-refractivity contribution in [2.45, 2.75) is 58.8 Å². The lowest BCUT2D eigenvalue weighted by Crippen LogP contribution is -2.40. The highest BCUT2D eigenvalue weighted by Gasteiger charge is 2.34. The van der Waals surface area contributed by atoms with E-state index in [0.29, 0.717) is 12.0 Å². The zero-order valence-electron chi connectivity index (χ0n) is 12.6. The van der Waals surface area contributed by atoms with Crippen molar-refractivity contribution in [2.24, 2.45) is 17.3 Å². The van der Waals surface area contributed by atoms with E-state index >= 15 is 0 Å². The molecule has 0 aromatic heterocycles. The molecule has 2 rings (SSSR count). The van der Waals surface area contributed by atoms with Gasteiger partial charge in [0, 0.05) is 13.1 Å². The maximum absolute atomic E-state index is 11.7. The zero-order chi connectivity index (χ0) is 13.7. The van der Waals surface area contributed by atoms with E-state index in [1.165, 1.54) is 44.9 Å². The van der Waals surface area contributed by atoms with Gasteiger partial charge < -0.3 is 10.6 Å². The Morgan fingerprint density at radius 1 is 1.26 bits per heavy atom. The summed E-state index contributed by atoms with van der Waals surface area (Å²) in [7, 11) is 0. The van der Waals surface area contributed by atoms with E-state index in [4.69, 9.17) is 0 Å². The Hall–Kier alpha value is -0.570. The van der Waals surface area contributed by atoms with E-state index in [1.54, 1.807) is 0 Å². The highest BCUT2D eigenvalue weighted by atomic mass is 16.1. The fourth-order valence-electron chi connectivity index (χ4n) is 3.53. The van der Waals surface area contributed by atoms with Crippen LogP contribution in [0.1, 0.15) is 58.8 Å². The Balaban J connectivity index is 1.65. The Labute approximate surface area is 117 Å². The lowest BCUT2D eigenvalue weighted by Gasteiger charge is -2.31. The fraction of sp³-hybridized carbons (Fsp3) is 0.938. The molecule has 0 spiro atoms. The van der Waals surface area contributed by atoms with Gasteiger partial charge in [0.25, 0.3) is 0 Å². The predicted molar refractivity (Wildman–Crippen MR) is 79.0 cm³/mol. The Morgan fingerprint density at radius 3 is 2.53 bits per heavy atom. The second kappa shape index (κ2) is 6.74. The van der Waals surface area contributed by atoms with E-state index < -0.39 is 0 Å². The summed E-state index contributed by atoms with van der Waals surface area (Å²) >= 11 is 0. The molecule has 0 bridgehead atoms. The van der Waals surface area contributed by atoms with Crippen molar-refractivity contribution in [2.75, 3.05) is 19.6 Å². The minimum absolute atomic E-state index is 0.171. The lowest BCUT2D eigenvalue weighted by molar-refractivity contribution is -0.120. The molecule has 2 aliphatic carbocycles. The summed E-state index contributed by atoms with van der Waals surface area (Å²) in [6.07, 6.45) is 9.29. The van der Waals surface area contributed by atoms with E-state index in [-0.39, 0.29) is 5.91 Å². The predicted octanol–water partition coefficient (Wildman–Crippen LogP) is 2.71. The van der Waals surface area contributed by atoms with Crippen LogP contribution in [0.4, 0.5) is 0 Å². The van der Waals surface area contributed by atoms with E-state index in [1.807, 2.05) is 0 Å². The maximum atomic E-state index is 11.7. The molecule has 19 heavy (non-hydrogen) atoms. The summed E-state index contributed by atoms with van der Waals surface area (Å²) < 4.78 is 0. The SMILES string of the molecule is CC(C)CC1(CNCC(=O)NCC2CC2)CCCC1. The first kappa shape index (κ1) is 14.8. The molecule has 0 aromatic carbocycles. The summed E-state index contributed by atoms with van der Waals surface area (Å²) in [6, 6.07) is 0. The first-order chi connectivity index (χ1) is 9.10. The summed E-state index contributed by atoms with van der Waals surface area (Å²) in [5, 5.41) is 6.43. The Kier molecular flexibility index (Phi) is 5.26. The van der Waals surface area contributed by atoms with E-state index in [2.05, 4.69) is 24.5 Å². The van der Waals surface area contributed by atoms with Crippen LogP contribution in [0, 0.1) is 17.3 Å². The lowest BCUT2D eigenvalue weighted by atomic mass is 9.78. The summed E-state index contributed by atoms with van der Waals surface area (Å²) in [5.41, 5.74) is 0.463. The van der Waals surface area contributed by atoms with Gasteiger partial charge in [-0.05, 0) is 49.4 Å². The van der Waals surface area contributed by atoms with Crippen LogP contribution < -0.4 is 10.6 Å². The highest BCUT2D eigenvalue weighted by molar-refractivity contribution is 5.77. The summed E-state index contributed by atoms with van der Waals surface area (Å²) in [5.74, 6) is 1.69. The second-order valence-electron chi connectivity index (χ2n) is 7.16. The smallest absolute Gasteiger partial charge is 0.233 e. The van der Waals surface area contributed by atoms with Gasteiger partial charge in [-0.25, -0.2) is 0 Å². The average molecular weight is 266 g/mol. The van der Waals surface area contributed by atoms with Crippen molar-refractivity contribution in [3.8, 4) is 0 Å². The third-order valence-corrected chi connectivity index (χ3v) is 4.58. The van der Waals surface area contributed by atoms with Crippen LogP contribution in [0.5, 0.6) is 0 Å². The number of nitrogens with one attached hydrogen (secondary N) is 2. The van der Waals surface area contributed by atoms with E-state index in [9.17, 15) is 4.79 Å². The van der Waals surface area contributed by atoms with Crippen molar-refractivity contribution < 1.29 is 4.79 Å². The molecule has 3 heteroatoms. The van der Waals surface area contributed by atoms with Crippen LogP contribution >= 0.6 is 0 Å². The molecule has 0 radical (unpaired) electrons. The number of carbonyl (C=O) groups excluding carboxylic acids is 1. The van der Waals surface area contributed by atoms with Gasteiger partial charge >= 0.3 is 0 Å². The van der Waals surface area contributed by atoms with Crippen LogP contribution in [0.25, 0.3) is 0 Å². The highest BCUT2D eigenvalue weighted by Crippen LogP contribution is 2.42. The van der Waals surface area contributed by atoms with Gasteiger partial charge in [-0.15, -0.1) is 0 Å². The average Bonchev–Trinajstić information content (AvgIpc) is 3.07. The number of rotatable bonds is 8. The molecule has 2 saturated carbocycles. The van der Waals surface area contributed by atoms with Gasteiger partial charge in [-0.2, -0.15) is 0 Å². The van der Waals surface area contributed by atoms with Gasteiger partial charge in [0.2, 0.25) is 5.91 Å². The number of hydrogen-bond acceptors (Lipinski definition) is 2. The third-order valence-electron chi connectivity index (χ3n) is 4.58. The quantitative estimate of drug-likeness (QED) is 0.709. The monoisotopic (exact) mass is 266 g/mol. The number of carbonyl (C=O) groups is 1. The third kappa shape index (κ3) is 5.13. The molecule has 1 amide bonds. The molecule has 0 aromatic rings. The van der Waals surface area contributed by atoms with Gasteiger partial charge in [-0.3, -0.25) is 4.79 Å². The molecule has 0 saturated heterocycles. The first-order valence-corrected chi connectivity index (χ1v) is 8.07. The molecule has 3 nitrogen and oxygen atoms in total. The van der Waals surface area contributed by atoms with Gasteiger partial charge in [0.1, 0.15) is 0 Å². The van der Waals surface area contributed by atoms with Crippen molar-refractivity contribution in [3.05, 3.63) is 0 Å². The molecule has 0 heterocycles. The zero-order valence-corrected chi connectivity index (χ0v) is 12.6. The number of amides is 1. The van der Waals surface area contributed by atoms with Crippen molar-refractivity contribution in [3.63, 3.8) is 0 Å².